The predicted molar refractivity (Wildman–Crippen MR) is 83.2 cm³/mol. The summed E-state index contributed by atoms with van der Waals surface area (Å²) < 4.78 is 68.3. The number of methoxy groups -OCH3 is 1. The van der Waals surface area contributed by atoms with Crippen molar-refractivity contribution in [3.63, 3.8) is 0 Å². The average molecular weight is 377 g/mol. The number of hydrogen-bond donors (Lipinski definition) is 0. The first-order chi connectivity index (χ1) is 11.6. The van der Waals surface area contributed by atoms with Gasteiger partial charge in [-0.05, 0) is 31.7 Å². The van der Waals surface area contributed by atoms with Crippen LogP contribution in [-0.2, 0) is 16.0 Å². The molecule has 0 N–H and O–H groups in total. The van der Waals surface area contributed by atoms with E-state index in [9.17, 15) is 26.4 Å². The standard InChI is InChI=1S/C16H18F3NO4S/c1-24-15-13(7-10(8-20-15)16(17,18)19)14(21)9-5-11-3-2-4-12(6-9)25(11,22)23/h7-9,11-12H,2-6H2,1H3. The Morgan fingerprint density at radius 2 is 1.84 bits per heavy atom. The summed E-state index contributed by atoms with van der Waals surface area (Å²) in [6.45, 7) is 0. The number of carbonyl (C=O) groups is 1. The summed E-state index contributed by atoms with van der Waals surface area (Å²) in [6, 6.07) is 0.743. The van der Waals surface area contributed by atoms with E-state index in [4.69, 9.17) is 4.74 Å². The van der Waals surface area contributed by atoms with Crippen molar-refractivity contribution in [2.24, 2.45) is 5.92 Å². The van der Waals surface area contributed by atoms with E-state index in [1.54, 1.807) is 0 Å². The SMILES string of the molecule is COc1ncc(C(F)(F)F)cc1C(=O)C1CC2CCCC(C1)S2(=O)=O. The lowest BCUT2D eigenvalue weighted by molar-refractivity contribution is -0.137. The number of halogens is 3. The van der Waals surface area contributed by atoms with Crippen LogP contribution >= 0.6 is 0 Å². The predicted octanol–water partition coefficient (Wildman–Crippen LogP) is 3.04. The Morgan fingerprint density at radius 1 is 1.24 bits per heavy atom. The number of aromatic nitrogens is 1. The fourth-order valence-electron chi connectivity index (χ4n) is 3.79. The van der Waals surface area contributed by atoms with Gasteiger partial charge in [0.1, 0.15) is 0 Å². The van der Waals surface area contributed by atoms with Gasteiger partial charge in [-0.25, -0.2) is 13.4 Å². The molecule has 5 nitrogen and oxygen atoms in total. The monoisotopic (exact) mass is 377 g/mol. The van der Waals surface area contributed by atoms with Crippen LogP contribution in [0.3, 0.4) is 0 Å². The first-order valence-corrected chi connectivity index (χ1v) is 9.63. The number of pyridine rings is 1. The maximum Gasteiger partial charge on any atom is 0.417 e. The van der Waals surface area contributed by atoms with Crippen molar-refractivity contribution in [1.82, 2.24) is 4.98 Å². The molecule has 0 aliphatic carbocycles. The molecule has 0 amide bonds. The highest BCUT2D eigenvalue weighted by Crippen LogP contribution is 2.41. The number of rotatable bonds is 3. The molecule has 9 heteroatoms. The Balaban J connectivity index is 1.93. The summed E-state index contributed by atoms with van der Waals surface area (Å²) in [4.78, 5) is 16.4. The van der Waals surface area contributed by atoms with Crippen LogP contribution in [0.2, 0.25) is 0 Å². The topological polar surface area (TPSA) is 73.3 Å². The third kappa shape index (κ3) is 3.26. The van der Waals surface area contributed by atoms with Crippen LogP contribution in [0.25, 0.3) is 0 Å². The fourth-order valence-corrected chi connectivity index (χ4v) is 6.32. The van der Waals surface area contributed by atoms with E-state index < -0.39 is 43.8 Å². The Hall–Kier alpha value is -1.64. The molecule has 3 heterocycles. The molecule has 1 aromatic heterocycles. The molecule has 3 rings (SSSR count). The van der Waals surface area contributed by atoms with Crippen molar-refractivity contribution in [3.05, 3.63) is 23.4 Å². The Bertz CT molecular complexity index is 771. The molecular weight excluding hydrogens is 359 g/mol. The van der Waals surface area contributed by atoms with Gasteiger partial charge in [-0.15, -0.1) is 0 Å². The van der Waals surface area contributed by atoms with Crippen LogP contribution in [0.1, 0.15) is 48.0 Å². The molecule has 2 fully saturated rings. The number of carbonyl (C=O) groups excluding carboxylic acids is 1. The maximum atomic E-state index is 12.9. The minimum absolute atomic E-state index is 0.150. The van der Waals surface area contributed by atoms with E-state index >= 15 is 0 Å². The van der Waals surface area contributed by atoms with Gasteiger partial charge in [-0.3, -0.25) is 4.79 Å². The highest BCUT2D eigenvalue weighted by molar-refractivity contribution is 7.92. The Labute approximate surface area is 143 Å². The molecule has 2 aliphatic rings. The van der Waals surface area contributed by atoms with Crippen LogP contribution in [0.15, 0.2) is 12.3 Å². The van der Waals surface area contributed by atoms with Gasteiger partial charge in [0, 0.05) is 12.1 Å². The highest BCUT2D eigenvalue weighted by Gasteiger charge is 2.46. The van der Waals surface area contributed by atoms with Crippen molar-refractivity contribution >= 4 is 15.6 Å². The van der Waals surface area contributed by atoms with Gasteiger partial charge in [0.2, 0.25) is 5.88 Å². The smallest absolute Gasteiger partial charge is 0.417 e. The van der Waals surface area contributed by atoms with Gasteiger partial charge >= 0.3 is 6.18 Å². The number of fused-ring (bicyclic) bond motifs is 2. The third-order valence-corrected chi connectivity index (χ3v) is 7.80. The lowest BCUT2D eigenvalue weighted by Crippen LogP contribution is -2.45. The molecule has 1 aromatic rings. The second-order valence-corrected chi connectivity index (χ2v) is 9.09. The van der Waals surface area contributed by atoms with Crippen molar-refractivity contribution < 1.29 is 31.1 Å². The summed E-state index contributed by atoms with van der Waals surface area (Å²) in [5.74, 6) is -1.32. The number of hydrogen-bond acceptors (Lipinski definition) is 5. The van der Waals surface area contributed by atoms with Crippen LogP contribution in [0, 0.1) is 5.92 Å². The summed E-state index contributed by atoms with van der Waals surface area (Å²) in [5, 5.41) is -1.17. The van der Waals surface area contributed by atoms with Gasteiger partial charge in [0.25, 0.3) is 0 Å². The quantitative estimate of drug-likeness (QED) is 0.757. The average Bonchev–Trinajstić information content (AvgIpc) is 2.51. The molecule has 25 heavy (non-hydrogen) atoms. The number of Topliss-reactive ketones (excluding diaryl/α,β-unsaturated/α-hetero) is 1. The molecule has 138 valence electrons. The molecule has 0 aromatic carbocycles. The van der Waals surface area contributed by atoms with Crippen LogP contribution in [0.4, 0.5) is 13.2 Å². The Morgan fingerprint density at radius 3 is 2.36 bits per heavy atom. The second kappa shape index (κ2) is 6.26. The van der Waals surface area contributed by atoms with E-state index in [1.807, 2.05) is 0 Å². The molecule has 2 saturated heterocycles. The number of sulfone groups is 1. The largest absolute Gasteiger partial charge is 0.480 e. The summed E-state index contributed by atoms with van der Waals surface area (Å²) in [5.41, 5.74) is -1.26. The second-order valence-electron chi connectivity index (χ2n) is 6.58. The molecule has 2 bridgehead atoms. The van der Waals surface area contributed by atoms with Crippen molar-refractivity contribution in [2.45, 2.75) is 48.8 Å². The van der Waals surface area contributed by atoms with Crippen LogP contribution in [0.5, 0.6) is 5.88 Å². The molecule has 2 unspecified atom stereocenters. The number of ketones is 1. The summed E-state index contributed by atoms with van der Waals surface area (Å²) in [7, 11) is -2.01. The number of ether oxygens (including phenoxy) is 1. The van der Waals surface area contributed by atoms with E-state index in [-0.39, 0.29) is 24.3 Å². The fraction of sp³-hybridized carbons (Fsp3) is 0.625. The normalized spacial score (nSPS) is 28.4. The lowest BCUT2D eigenvalue weighted by Gasteiger charge is -2.38. The van der Waals surface area contributed by atoms with Crippen molar-refractivity contribution in [3.8, 4) is 5.88 Å². The third-order valence-electron chi connectivity index (χ3n) is 5.08. The van der Waals surface area contributed by atoms with Gasteiger partial charge in [-0.1, -0.05) is 6.42 Å². The zero-order valence-electron chi connectivity index (χ0n) is 13.5. The lowest BCUT2D eigenvalue weighted by atomic mass is 9.84. The van der Waals surface area contributed by atoms with Gasteiger partial charge in [-0.2, -0.15) is 13.2 Å². The zero-order chi connectivity index (χ0) is 18.4. The number of nitrogens with zero attached hydrogens (tertiary/aromatic N) is 1. The Kier molecular flexibility index (Phi) is 4.55. The van der Waals surface area contributed by atoms with E-state index in [0.29, 0.717) is 19.0 Å². The van der Waals surface area contributed by atoms with Crippen LogP contribution < -0.4 is 4.74 Å². The van der Waals surface area contributed by atoms with E-state index in [0.717, 1.165) is 12.5 Å². The molecule has 0 radical (unpaired) electrons. The zero-order valence-corrected chi connectivity index (χ0v) is 14.4. The highest BCUT2D eigenvalue weighted by atomic mass is 32.2. The minimum Gasteiger partial charge on any atom is -0.480 e. The van der Waals surface area contributed by atoms with E-state index in [1.165, 1.54) is 7.11 Å². The molecule has 2 atom stereocenters. The molecule has 0 saturated carbocycles. The number of alkyl halides is 3. The summed E-state index contributed by atoms with van der Waals surface area (Å²) in [6.07, 6.45) is -1.91. The van der Waals surface area contributed by atoms with E-state index in [2.05, 4.69) is 4.98 Å². The molecular formula is C16H18F3NO4S. The van der Waals surface area contributed by atoms with Gasteiger partial charge < -0.3 is 4.74 Å². The van der Waals surface area contributed by atoms with Crippen LogP contribution in [-0.4, -0.2) is 36.8 Å². The first kappa shape index (κ1) is 18.2. The van der Waals surface area contributed by atoms with Crippen molar-refractivity contribution in [1.29, 1.82) is 0 Å². The summed E-state index contributed by atoms with van der Waals surface area (Å²) >= 11 is 0. The van der Waals surface area contributed by atoms with Gasteiger partial charge in [0.15, 0.2) is 15.6 Å². The maximum absolute atomic E-state index is 12.9. The molecule has 2 aliphatic heterocycles. The minimum atomic E-state index is -4.62. The first-order valence-electron chi connectivity index (χ1n) is 8.02. The molecule has 0 spiro atoms. The van der Waals surface area contributed by atoms with Crippen molar-refractivity contribution in [2.75, 3.05) is 7.11 Å². The van der Waals surface area contributed by atoms with Gasteiger partial charge in [0.05, 0.1) is 28.7 Å².